The van der Waals surface area contributed by atoms with Gasteiger partial charge in [-0.2, -0.15) is 0 Å². The lowest BCUT2D eigenvalue weighted by atomic mass is 10.1. The summed E-state index contributed by atoms with van der Waals surface area (Å²) >= 11 is 3.34. The van der Waals surface area contributed by atoms with Gasteiger partial charge in [-0.15, -0.1) is 12.1 Å². The van der Waals surface area contributed by atoms with Gasteiger partial charge < -0.3 is 4.79 Å². The van der Waals surface area contributed by atoms with Crippen LogP contribution in [0.5, 0.6) is 0 Å². The maximum atomic E-state index is 12.1. The van der Waals surface area contributed by atoms with Gasteiger partial charge in [-0.3, -0.25) is 0 Å². The van der Waals surface area contributed by atoms with E-state index in [-0.39, 0.29) is 5.78 Å². The molecule has 0 aliphatic carbocycles. The van der Waals surface area contributed by atoms with E-state index >= 15 is 0 Å². The van der Waals surface area contributed by atoms with Gasteiger partial charge in [-0.1, -0.05) is 56.9 Å². The highest BCUT2D eigenvalue weighted by Crippen LogP contribution is 2.11. The van der Waals surface area contributed by atoms with Crippen molar-refractivity contribution in [1.29, 1.82) is 0 Å². The van der Waals surface area contributed by atoms with Crippen LogP contribution in [0.4, 0.5) is 0 Å². The summed E-state index contributed by atoms with van der Waals surface area (Å²) in [6.07, 6.45) is 3.34. The second-order valence-electron chi connectivity index (χ2n) is 4.38. The van der Waals surface area contributed by atoms with Crippen LogP contribution in [0.3, 0.4) is 0 Å². The highest BCUT2D eigenvalue weighted by Gasteiger charge is 2.07. The van der Waals surface area contributed by atoms with Gasteiger partial charge in [-0.05, 0) is 12.1 Å². The Morgan fingerprint density at radius 2 is 1.81 bits per heavy atom. The third-order valence-electron chi connectivity index (χ3n) is 2.91. The maximum Gasteiger partial charge on any atom is 0.215 e. The molecule has 0 saturated carbocycles. The smallest absolute Gasteiger partial charge is 0.215 e. The van der Waals surface area contributed by atoms with Crippen molar-refractivity contribution in [2.75, 3.05) is 0 Å². The molecule has 21 heavy (non-hydrogen) atoms. The van der Waals surface area contributed by atoms with Crippen LogP contribution < -0.4 is 4.68 Å². The number of para-hydroxylation sites is 1. The van der Waals surface area contributed by atoms with Gasteiger partial charge in [0.25, 0.3) is 0 Å². The Bertz CT molecular complexity index is 751. The van der Waals surface area contributed by atoms with E-state index in [0.29, 0.717) is 5.56 Å². The second kappa shape index (κ2) is 5.93. The molecule has 0 aliphatic heterocycles. The van der Waals surface area contributed by atoms with Gasteiger partial charge >= 0.3 is 0 Å². The summed E-state index contributed by atoms with van der Waals surface area (Å²) in [5.74, 6) is -0.217. The molecule has 0 atom stereocenters. The normalized spacial score (nSPS) is 10.3. The van der Waals surface area contributed by atoms with E-state index in [4.69, 9.17) is 0 Å². The standard InChI is InChI=1S/C16H11BrN3O/c17-14-8-6-13(7-9-14)16(21)10-20-12-19(11-18-20)15-4-2-1-3-5-15/h1-9,11-12H. The van der Waals surface area contributed by atoms with Crippen LogP contribution in [0.1, 0.15) is 10.4 Å². The quantitative estimate of drug-likeness (QED) is 0.416. The molecule has 1 radical (unpaired) electrons. The van der Waals surface area contributed by atoms with Crippen molar-refractivity contribution in [1.82, 2.24) is 9.67 Å². The zero-order chi connectivity index (χ0) is 14.7. The lowest BCUT2D eigenvalue weighted by Gasteiger charge is -2.04. The van der Waals surface area contributed by atoms with Crippen LogP contribution >= 0.6 is 15.9 Å². The Morgan fingerprint density at radius 3 is 2.52 bits per heavy atom. The number of carbonyl (C=O) groups excluding carboxylic acids is 1. The van der Waals surface area contributed by atoms with E-state index in [1.165, 1.54) is 4.68 Å². The molecule has 0 unspecified atom stereocenters. The highest BCUT2D eigenvalue weighted by atomic mass is 79.9. The molecule has 3 aromatic rings. The predicted octanol–water partition coefficient (Wildman–Crippen LogP) is 2.69. The van der Waals surface area contributed by atoms with Crippen molar-refractivity contribution >= 4 is 21.7 Å². The number of nitrogens with zero attached hydrogens (tertiary/aromatic N) is 3. The zero-order valence-electron chi connectivity index (χ0n) is 11.0. The average molecular weight is 341 g/mol. The number of rotatable bonds is 4. The molecular weight excluding hydrogens is 330 g/mol. The number of hydrogen-bond donors (Lipinski definition) is 0. The average Bonchev–Trinajstić information content (AvgIpc) is 2.97. The van der Waals surface area contributed by atoms with Crippen molar-refractivity contribution in [3.8, 4) is 5.69 Å². The summed E-state index contributed by atoms with van der Waals surface area (Å²) in [4.78, 5) is 12.1. The van der Waals surface area contributed by atoms with Gasteiger partial charge in [-0.25, -0.2) is 9.25 Å². The van der Waals surface area contributed by atoms with Gasteiger partial charge in [0.05, 0.1) is 6.54 Å². The molecule has 0 aliphatic rings. The predicted molar refractivity (Wildman–Crippen MR) is 80.9 cm³/mol. The fraction of sp³-hybridized carbons (Fsp3) is 0. The van der Waals surface area contributed by atoms with E-state index in [1.54, 1.807) is 24.8 Å². The summed E-state index contributed by atoms with van der Waals surface area (Å²) in [6, 6.07) is 16.9. The highest BCUT2D eigenvalue weighted by molar-refractivity contribution is 9.10. The number of Topliss-reactive ketones (excluding diaryl/α,β-unsaturated/α-hetero) is 1. The molecule has 3 rings (SSSR count). The molecule has 1 aromatic heterocycles. The van der Waals surface area contributed by atoms with Crippen LogP contribution in [0, 0.1) is 6.54 Å². The van der Waals surface area contributed by atoms with Crippen molar-refractivity contribution in [2.45, 2.75) is 0 Å². The van der Waals surface area contributed by atoms with E-state index in [2.05, 4.69) is 27.6 Å². The van der Waals surface area contributed by atoms with Gasteiger partial charge in [0.2, 0.25) is 6.33 Å². The van der Waals surface area contributed by atoms with E-state index < -0.39 is 0 Å². The molecule has 0 saturated heterocycles. The second-order valence-corrected chi connectivity index (χ2v) is 5.30. The van der Waals surface area contributed by atoms with Crippen LogP contribution in [-0.2, 0) is 0 Å². The number of halogens is 1. The molecule has 0 fully saturated rings. The largest absolute Gasteiger partial charge is 0.315 e. The topological polar surface area (TPSA) is 38.8 Å². The van der Waals surface area contributed by atoms with Crippen molar-refractivity contribution in [3.63, 3.8) is 0 Å². The third kappa shape index (κ3) is 3.20. The Labute approximate surface area is 130 Å². The fourth-order valence-electron chi connectivity index (χ4n) is 1.85. The van der Waals surface area contributed by atoms with Crippen LogP contribution in [0.15, 0.2) is 71.7 Å². The Kier molecular flexibility index (Phi) is 3.83. The molecule has 0 N–H and O–H groups in total. The first-order valence-electron chi connectivity index (χ1n) is 6.31. The number of ketones is 1. The molecular formula is C16H11BrN3O. The number of aromatic nitrogens is 3. The van der Waals surface area contributed by atoms with Gasteiger partial charge in [0.1, 0.15) is 11.5 Å². The van der Waals surface area contributed by atoms with Crippen LogP contribution in [-0.4, -0.2) is 15.4 Å². The van der Waals surface area contributed by atoms with E-state index in [0.717, 1.165) is 10.2 Å². The SMILES string of the molecule is O=C([C-][n+]1cn(-c2ccccc2)cn1)c1ccc(Br)cc1. The summed E-state index contributed by atoms with van der Waals surface area (Å²) in [5.41, 5.74) is 1.54. The molecule has 1 heterocycles. The molecule has 2 aromatic carbocycles. The van der Waals surface area contributed by atoms with Gasteiger partial charge in [0, 0.05) is 4.47 Å². The first-order valence-corrected chi connectivity index (χ1v) is 7.10. The minimum Gasteiger partial charge on any atom is -0.315 e. The molecule has 0 bridgehead atoms. The third-order valence-corrected chi connectivity index (χ3v) is 3.44. The molecule has 5 heteroatoms. The Morgan fingerprint density at radius 1 is 1.10 bits per heavy atom. The number of hydrogen-bond acceptors (Lipinski definition) is 2. The van der Waals surface area contributed by atoms with Crippen molar-refractivity contribution < 1.29 is 9.48 Å². The summed E-state index contributed by atoms with van der Waals surface area (Å²) in [5, 5.41) is 4.11. The van der Waals surface area contributed by atoms with Crippen LogP contribution in [0.25, 0.3) is 5.69 Å². The minimum absolute atomic E-state index is 0.217. The Balaban J connectivity index is 1.75. The lowest BCUT2D eigenvalue weighted by Crippen LogP contribution is -2.36. The molecule has 4 nitrogen and oxygen atoms in total. The zero-order valence-corrected chi connectivity index (χ0v) is 12.6. The first kappa shape index (κ1) is 13.6. The molecule has 0 spiro atoms. The summed E-state index contributed by atoms with van der Waals surface area (Å²) in [6.45, 7) is 2.70. The Hall–Kier alpha value is -2.40. The van der Waals surface area contributed by atoms with E-state index in [9.17, 15) is 4.79 Å². The lowest BCUT2D eigenvalue weighted by molar-refractivity contribution is -0.684. The van der Waals surface area contributed by atoms with Gasteiger partial charge in [0.15, 0.2) is 6.33 Å². The summed E-state index contributed by atoms with van der Waals surface area (Å²) in [7, 11) is 0. The van der Waals surface area contributed by atoms with E-state index in [1.807, 2.05) is 47.0 Å². The van der Waals surface area contributed by atoms with Crippen molar-refractivity contribution in [3.05, 3.63) is 83.8 Å². The number of benzene rings is 2. The molecule has 103 valence electrons. The minimum atomic E-state index is -0.217. The van der Waals surface area contributed by atoms with Crippen LogP contribution in [0.2, 0.25) is 0 Å². The summed E-state index contributed by atoms with van der Waals surface area (Å²) < 4.78 is 4.14. The monoisotopic (exact) mass is 340 g/mol. The maximum absolute atomic E-state index is 12.1. The number of carbonyl (C=O) groups is 1. The fourth-order valence-corrected chi connectivity index (χ4v) is 2.11. The first-order chi connectivity index (χ1) is 10.2. The van der Waals surface area contributed by atoms with Crippen molar-refractivity contribution in [2.24, 2.45) is 0 Å². The molecule has 0 amide bonds.